The second-order valence-electron chi connectivity index (χ2n) is 5.09. The van der Waals surface area contributed by atoms with Crippen molar-refractivity contribution >= 4 is 17.3 Å². The molecule has 0 radical (unpaired) electrons. The van der Waals surface area contributed by atoms with Gasteiger partial charge in [0.15, 0.2) is 0 Å². The zero-order valence-corrected chi connectivity index (χ0v) is 12.9. The van der Waals surface area contributed by atoms with E-state index in [1.54, 1.807) is 7.11 Å². The summed E-state index contributed by atoms with van der Waals surface area (Å²) in [5, 5.41) is 4.14. The molecule has 2 aromatic rings. The predicted molar refractivity (Wildman–Crippen MR) is 85.9 cm³/mol. The molecule has 0 unspecified atom stereocenters. The van der Waals surface area contributed by atoms with Gasteiger partial charge in [0, 0.05) is 22.8 Å². The monoisotopic (exact) mass is 289 g/mol. The molecule has 2 nitrogen and oxygen atoms in total. The van der Waals surface area contributed by atoms with Crippen molar-refractivity contribution in [3.63, 3.8) is 0 Å². The van der Waals surface area contributed by atoms with Crippen LogP contribution in [0.25, 0.3) is 0 Å². The SMILES string of the molecule is COc1ccc(Cl)cc1CNc1cccc(C(C)C)c1. The second kappa shape index (κ2) is 6.67. The number of rotatable bonds is 5. The Hall–Kier alpha value is -1.67. The Labute approximate surface area is 125 Å². The summed E-state index contributed by atoms with van der Waals surface area (Å²) < 4.78 is 5.35. The van der Waals surface area contributed by atoms with Crippen LogP contribution in [-0.2, 0) is 6.54 Å². The molecule has 0 aromatic heterocycles. The number of ether oxygens (including phenoxy) is 1. The Balaban J connectivity index is 2.12. The third kappa shape index (κ3) is 3.67. The van der Waals surface area contributed by atoms with Gasteiger partial charge in [0.05, 0.1) is 7.11 Å². The van der Waals surface area contributed by atoms with Gasteiger partial charge in [-0.2, -0.15) is 0 Å². The molecule has 0 fully saturated rings. The van der Waals surface area contributed by atoms with Crippen molar-refractivity contribution < 1.29 is 4.74 Å². The number of benzene rings is 2. The van der Waals surface area contributed by atoms with Crippen LogP contribution in [0.2, 0.25) is 5.02 Å². The standard InChI is InChI=1S/C17H20ClNO/c1-12(2)13-5-4-6-16(10-13)19-11-14-9-15(18)7-8-17(14)20-3/h4-10,12,19H,11H2,1-3H3. The van der Waals surface area contributed by atoms with Crippen molar-refractivity contribution in [3.05, 3.63) is 58.6 Å². The number of hydrogen-bond donors (Lipinski definition) is 1. The summed E-state index contributed by atoms with van der Waals surface area (Å²) in [6.45, 7) is 5.07. The highest BCUT2D eigenvalue weighted by Gasteiger charge is 2.05. The van der Waals surface area contributed by atoms with Gasteiger partial charge in [-0.15, -0.1) is 0 Å². The third-order valence-electron chi connectivity index (χ3n) is 3.28. The molecule has 0 saturated carbocycles. The van der Waals surface area contributed by atoms with Crippen molar-refractivity contribution in [1.82, 2.24) is 0 Å². The first-order chi connectivity index (χ1) is 9.60. The molecule has 0 amide bonds. The third-order valence-corrected chi connectivity index (χ3v) is 3.51. The molecule has 0 aliphatic rings. The molecule has 0 aliphatic carbocycles. The smallest absolute Gasteiger partial charge is 0.123 e. The van der Waals surface area contributed by atoms with Gasteiger partial charge >= 0.3 is 0 Å². The molecule has 0 bridgehead atoms. The van der Waals surface area contributed by atoms with Crippen LogP contribution in [0.1, 0.15) is 30.9 Å². The zero-order valence-electron chi connectivity index (χ0n) is 12.1. The van der Waals surface area contributed by atoms with Gasteiger partial charge in [0.25, 0.3) is 0 Å². The highest BCUT2D eigenvalue weighted by atomic mass is 35.5. The van der Waals surface area contributed by atoms with Gasteiger partial charge in [-0.1, -0.05) is 37.6 Å². The van der Waals surface area contributed by atoms with Crippen LogP contribution in [0.3, 0.4) is 0 Å². The largest absolute Gasteiger partial charge is 0.496 e. The van der Waals surface area contributed by atoms with Crippen LogP contribution in [0.4, 0.5) is 5.69 Å². The van der Waals surface area contributed by atoms with Crippen molar-refractivity contribution in [3.8, 4) is 5.75 Å². The number of anilines is 1. The van der Waals surface area contributed by atoms with Crippen LogP contribution in [0, 0.1) is 0 Å². The molecule has 3 heteroatoms. The molecule has 0 atom stereocenters. The Morgan fingerprint density at radius 3 is 2.65 bits per heavy atom. The van der Waals surface area contributed by atoms with Crippen LogP contribution in [0.5, 0.6) is 5.75 Å². The van der Waals surface area contributed by atoms with E-state index in [1.165, 1.54) is 5.56 Å². The molecule has 0 spiro atoms. The fourth-order valence-electron chi connectivity index (χ4n) is 2.09. The van der Waals surface area contributed by atoms with E-state index in [1.807, 2.05) is 18.2 Å². The minimum Gasteiger partial charge on any atom is -0.496 e. The highest BCUT2D eigenvalue weighted by Crippen LogP contribution is 2.24. The molecule has 2 rings (SSSR count). The van der Waals surface area contributed by atoms with Crippen molar-refractivity contribution in [2.24, 2.45) is 0 Å². The first-order valence-corrected chi connectivity index (χ1v) is 7.14. The number of halogens is 1. The number of methoxy groups -OCH3 is 1. The Bertz CT molecular complexity index is 581. The van der Waals surface area contributed by atoms with E-state index in [0.717, 1.165) is 22.0 Å². The average molecular weight is 290 g/mol. The lowest BCUT2D eigenvalue weighted by atomic mass is 10.0. The molecule has 106 valence electrons. The average Bonchev–Trinajstić information content (AvgIpc) is 2.45. The molecule has 2 aromatic carbocycles. The maximum Gasteiger partial charge on any atom is 0.123 e. The molecular weight excluding hydrogens is 270 g/mol. The summed E-state index contributed by atoms with van der Waals surface area (Å²) >= 11 is 6.04. The van der Waals surface area contributed by atoms with Crippen molar-refractivity contribution in [2.75, 3.05) is 12.4 Å². The molecule has 20 heavy (non-hydrogen) atoms. The molecule has 0 aliphatic heterocycles. The van der Waals surface area contributed by atoms with Crippen LogP contribution in [-0.4, -0.2) is 7.11 Å². The molecule has 0 heterocycles. The summed E-state index contributed by atoms with van der Waals surface area (Å²) in [5.41, 5.74) is 3.49. The highest BCUT2D eigenvalue weighted by molar-refractivity contribution is 6.30. The van der Waals surface area contributed by atoms with E-state index < -0.39 is 0 Å². The zero-order chi connectivity index (χ0) is 14.5. The van der Waals surface area contributed by atoms with Gasteiger partial charge in [-0.05, 0) is 41.8 Å². The van der Waals surface area contributed by atoms with Gasteiger partial charge in [0.2, 0.25) is 0 Å². The number of nitrogens with one attached hydrogen (secondary N) is 1. The molecule has 1 N–H and O–H groups in total. The normalized spacial score (nSPS) is 10.7. The Morgan fingerprint density at radius 1 is 1.15 bits per heavy atom. The van der Waals surface area contributed by atoms with Crippen LogP contribution < -0.4 is 10.1 Å². The van der Waals surface area contributed by atoms with Gasteiger partial charge in [-0.25, -0.2) is 0 Å². The van der Waals surface area contributed by atoms with E-state index in [2.05, 4.69) is 43.4 Å². The topological polar surface area (TPSA) is 21.3 Å². The Kier molecular flexibility index (Phi) is 4.91. The lowest BCUT2D eigenvalue weighted by molar-refractivity contribution is 0.410. The van der Waals surface area contributed by atoms with Crippen LogP contribution >= 0.6 is 11.6 Å². The summed E-state index contributed by atoms with van der Waals surface area (Å²) in [6, 6.07) is 14.1. The summed E-state index contributed by atoms with van der Waals surface area (Å²) in [4.78, 5) is 0. The predicted octanol–water partition coefficient (Wildman–Crippen LogP) is 5.08. The van der Waals surface area contributed by atoms with Crippen molar-refractivity contribution in [2.45, 2.75) is 26.3 Å². The fraction of sp³-hybridized carbons (Fsp3) is 0.294. The summed E-state index contributed by atoms with van der Waals surface area (Å²) in [7, 11) is 1.67. The fourth-order valence-corrected chi connectivity index (χ4v) is 2.29. The van der Waals surface area contributed by atoms with E-state index >= 15 is 0 Å². The minimum atomic E-state index is 0.525. The lowest BCUT2D eigenvalue weighted by Gasteiger charge is -2.13. The van der Waals surface area contributed by atoms with Gasteiger partial charge in [0.1, 0.15) is 5.75 Å². The lowest BCUT2D eigenvalue weighted by Crippen LogP contribution is -2.02. The van der Waals surface area contributed by atoms with Gasteiger partial charge < -0.3 is 10.1 Å². The minimum absolute atomic E-state index is 0.525. The number of hydrogen-bond acceptors (Lipinski definition) is 2. The van der Waals surface area contributed by atoms with Gasteiger partial charge in [-0.3, -0.25) is 0 Å². The van der Waals surface area contributed by atoms with E-state index in [0.29, 0.717) is 12.5 Å². The van der Waals surface area contributed by atoms with E-state index in [4.69, 9.17) is 16.3 Å². The summed E-state index contributed by atoms with van der Waals surface area (Å²) in [5.74, 6) is 1.37. The molecule has 0 saturated heterocycles. The molecular formula is C17H20ClNO. The van der Waals surface area contributed by atoms with E-state index in [-0.39, 0.29) is 0 Å². The first-order valence-electron chi connectivity index (χ1n) is 6.76. The second-order valence-corrected chi connectivity index (χ2v) is 5.53. The maximum atomic E-state index is 6.04. The van der Waals surface area contributed by atoms with E-state index in [9.17, 15) is 0 Å². The quantitative estimate of drug-likeness (QED) is 0.828. The Morgan fingerprint density at radius 2 is 1.95 bits per heavy atom. The van der Waals surface area contributed by atoms with Crippen LogP contribution in [0.15, 0.2) is 42.5 Å². The maximum absolute atomic E-state index is 6.04. The first kappa shape index (κ1) is 14.7. The summed E-state index contributed by atoms with van der Waals surface area (Å²) in [6.07, 6.45) is 0. The van der Waals surface area contributed by atoms with Crippen molar-refractivity contribution in [1.29, 1.82) is 0 Å².